The minimum atomic E-state index is -0.456. The highest BCUT2D eigenvalue weighted by Gasteiger charge is 2.60. The van der Waals surface area contributed by atoms with Crippen LogP contribution in [-0.2, 0) is 4.79 Å². The van der Waals surface area contributed by atoms with Gasteiger partial charge in [-0.15, -0.1) is 0 Å². The van der Waals surface area contributed by atoms with Gasteiger partial charge in [0.25, 0.3) is 0 Å². The van der Waals surface area contributed by atoms with E-state index in [2.05, 4.69) is 13.8 Å². The standard InChI is InChI=1S/C19H30O2/c1-18-9-7-15-14-6-4-13(20)11-12(14)3-5-16(15)17(18)8-10-19(18,2)21/h12,14-17,21H,3-11H2,1-2H3/t12-,14-,15+,16+,17-,18-,19-/m0/s1. The molecule has 0 aliphatic heterocycles. The highest BCUT2D eigenvalue weighted by atomic mass is 16.3. The summed E-state index contributed by atoms with van der Waals surface area (Å²) in [7, 11) is 0. The summed E-state index contributed by atoms with van der Waals surface area (Å²) < 4.78 is 0. The van der Waals surface area contributed by atoms with Crippen molar-refractivity contribution in [2.45, 2.75) is 77.2 Å². The molecular weight excluding hydrogens is 260 g/mol. The van der Waals surface area contributed by atoms with Crippen LogP contribution in [-0.4, -0.2) is 16.5 Å². The fraction of sp³-hybridized carbons (Fsp3) is 0.947. The van der Waals surface area contributed by atoms with Gasteiger partial charge in [-0.25, -0.2) is 0 Å². The van der Waals surface area contributed by atoms with E-state index >= 15 is 0 Å². The van der Waals surface area contributed by atoms with Crippen molar-refractivity contribution in [3.8, 4) is 0 Å². The fourth-order valence-electron chi connectivity index (χ4n) is 6.90. The van der Waals surface area contributed by atoms with E-state index in [9.17, 15) is 9.90 Å². The molecule has 4 fully saturated rings. The van der Waals surface area contributed by atoms with Gasteiger partial charge in [-0.3, -0.25) is 4.79 Å². The van der Waals surface area contributed by atoms with Crippen molar-refractivity contribution in [2.75, 3.05) is 0 Å². The number of rotatable bonds is 0. The molecule has 0 unspecified atom stereocenters. The number of ketones is 1. The first-order chi connectivity index (χ1) is 9.92. The molecule has 21 heavy (non-hydrogen) atoms. The predicted octanol–water partition coefficient (Wildman–Crippen LogP) is 3.96. The van der Waals surface area contributed by atoms with Crippen LogP contribution >= 0.6 is 0 Å². The Labute approximate surface area is 128 Å². The molecule has 7 atom stereocenters. The molecule has 0 aromatic carbocycles. The van der Waals surface area contributed by atoms with Crippen molar-refractivity contribution in [3.63, 3.8) is 0 Å². The molecule has 1 N–H and O–H groups in total. The third-order valence-electron chi connectivity index (χ3n) is 8.33. The number of carbonyl (C=O) groups excluding carboxylic acids is 1. The van der Waals surface area contributed by atoms with Crippen LogP contribution in [0.15, 0.2) is 0 Å². The van der Waals surface area contributed by atoms with E-state index in [0.29, 0.717) is 11.7 Å². The summed E-state index contributed by atoms with van der Waals surface area (Å²) in [6, 6.07) is 0. The molecule has 2 nitrogen and oxygen atoms in total. The van der Waals surface area contributed by atoms with Gasteiger partial charge in [0.2, 0.25) is 0 Å². The Hall–Kier alpha value is -0.370. The molecule has 0 amide bonds. The summed E-state index contributed by atoms with van der Waals surface area (Å²) in [6.45, 7) is 4.44. The molecule has 0 aromatic rings. The molecule has 0 aromatic heterocycles. The lowest BCUT2D eigenvalue weighted by Crippen LogP contribution is -2.52. The highest BCUT2D eigenvalue weighted by Crippen LogP contribution is 2.65. The molecule has 0 saturated heterocycles. The van der Waals surface area contributed by atoms with Gasteiger partial charge in [0.15, 0.2) is 0 Å². The minimum Gasteiger partial charge on any atom is -0.390 e. The second-order valence-electron chi connectivity index (χ2n) is 8.99. The first-order valence-electron chi connectivity index (χ1n) is 9.16. The van der Waals surface area contributed by atoms with Crippen molar-refractivity contribution in [1.29, 1.82) is 0 Å². The summed E-state index contributed by atoms with van der Waals surface area (Å²) in [4.78, 5) is 11.8. The third-order valence-corrected chi connectivity index (χ3v) is 8.33. The van der Waals surface area contributed by atoms with E-state index in [4.69, 9.17) is 0 Å². The summed E-state index contributed by atoms with van der Waals surface area (Å²) in [6.07, 6.45) is 10.2. The Morgan fingerprint density at radius 2 is 1.76 bits per heavy atom. The largest absolute Gasteiger partial charge is 0.390 e. The average Bonchev–Trinajstić information content (AvgIpc) is 2.69. The lowest BCUT2D eigenvalue weighted by Gasteiger charge is -2.56. The van der Waals surface area contributed by atoms with Crippen LogP contribution < -0.4 is 0 Å². The van der Waals surface area contributed by atoms with Gasteiger partial charge in [0.1, 0.15) is 5.78 Å². The monoisotopic (exact) mass is 290 g/mol. The molecule has 4 aliphatic rings. The number of Topliss-reactive ketones (excluding diaryl/α,β-unsaturated/α-hetero) is 1. The summed E-state index contributed by atoms with van der Waals surface area (Å²) >= 11 is 0. The molecule has 0 heterocycles. The zero-order valence-electron chi connectivity index (χ0n) is 13.6. The molecule has 4 saturated carbocycles. The van der Waals surface area contributed by atoms with Crippen LogP contribution in [0.2, 0.25) is 0 Å². The van der Waals surface area contributed by atoms with E-state index < -0.39 is 5.60 Å². The molecular formula is C19H30O2. The van der Waals surface area contributed by atoms with Gasteiger partial charge in [0, 0.05) is 12.8 Å². The van der Waals surface area contributed by atoms with Crippen LogP contribution in [0.25, 0.3) is 0 Å². The number of hydrogen-bond acceptors (Lipinski definition) is 2. The molecule has 0 radical (unpaired) electrons. The van der Waals surface area contributed by atoms with Crippen molar-refractivity contribution in [2.24, 2.45) is 35.0 Å². The average molecular weight is 290 g/mol. The maximum atomic E-state index is 11.8. The van der Waals surface area contributed by atoms with Crippen molar-refractivity contribution in [3.05, 3.63) is 0 Å². The topological polar surface area (TPSA) is 37.3 Å². The first-order valence-corrected chi connectivity index (χ1v) is 9.16. The maximum Gasteiger partial charge on any atom is 0.133 e. The van der Waals surface area contributed by atoms with Gasteiger partial charge in [-0.1, -0.05) is 6.92 Å². The maximum absolute atomic E-state index is 11.8. The summed E-state index contributed by atoms with van der Waals surface area (Å²) in [5.41, 5.74) is -0.312. The van der Waals surface area contributed by atoms with Gasteiger partial charge in [0.05, 0.1) is 5.60 Å². The van der Waals surface area contributed by atoms with E-state index in [-0.39, 0.29) is 5.41 Å². The minimum absolute atomic E-state index is 0.144. The quantitative estimate of drug-likeness (QED) is 0.733. The van der Waals surface area contributed by atoms with E-state index in [0.717, 1.165) is 49.4 Å². The molecule has 4 aliphatic carbocycles. The van der Waals surface area contributed by atoms with Crippen molar-refractivity contribution >= 4 is 5.78 Å². The smallest absolute Gasteiger partial charge is 0.133 e. The van der Waals surface area contributed by atoms with E-state index in [1.165, 1.54) is 32.1 Å². The van der Waals surface area contributed by atoms with Crippen molar-refractivity contribution < 1.29 is 9.90 Å². The molecule has 4 rings (SSSR count). The second kappa shape index (κ2) is 4.57. The van der Waals surface area contributed by atoms with Crippen LogP contribution in [0.3, 0.4) is 0 Å². The van der Waals surface area contributed by atoms with Gasteiger partial charge in [-0.2, -0.15) is 0 Å². The van der Waals surface area contributed by atoms with E-state index in [1.807, 2.05) is 0 Å². The van der Waals surface area contributed by atoms with Gasteiger partial charge >= 0.3 is 0 Å². The summed E-state index contributed by atoms with van der Waals surface area (Å²) in [5, 5.41) is 10.9. The fourth-order valence-corrected chi connectivity index (χ4v) is 6.90. The summed E-state index contributed by atoms with van der Waals surface area (Å²) in [5.74, 6) is 4.43. The number of fused-ring (bicyclic) bond motifs is 5. The van der Waals surface area contributed by atoms with Crippen LogP contribution in [0.4, 0.5) is 0 Å². The normalized spacial score (nSPS) is 56.5. The Morgan fingerprint density at radius 3 is 2.57 bits per heavy atom. The SMILES string of the molecule is C[C@]1(O)CC[C@H]2[C@@H]3CC[C@H]4CC(=O)CC[C@@H]4[C@H]3CC[C@@]21C. The van der Waals surface area contributed by atoms with E-state index in [1.54, 1.807) is 0 Å². The lowest BCUT2D eigenvalue weighted by molar-refractivity contribution is -0.134. The molecule has 118 valence electrons. The second-order valence-corrected chi connectivity index (χ2v) is 8.99. The van der Waals surface area contributed by atoms with Crippen LogP contribution in [0.1, 0.15) is 71.6 Å². The molecule has 0 spiro atoms. The Kier molecular flexibility index (Phi) is 3.10. The number of aliphatic hydroxyl groups is 1. The highest BCUT2D eigenvalue weighted by molar-refractivity contribution is 5.79. The number of hydrogen-bond donors (Lipinski definition) is 1. The lowest BCUT2D eigenvalue weighted by atomic mass is 9.49. The zero-order chi connectivity index (χ0) is 14.8. The molecule has 2 heteroatoms. The third kappa shape index (κ3) is 1.90. The number of carbonyl (C=O) groups is 1. The van der Waals surface area contributed by atoms with Gasteiger partial charge in [-0.05, 0) is 86.9 Å². The Bertz CT molecular complexity index is 454. The Balaban J connectivity index is 1.60. The van der Waals surface area contributed by atoms with Crippen LogP contribution in [0, 0.1) is 35.0 Å². The van der Waals surface area contributed by atoms with Crippen molar-refractivity contribution in [1.82, 2.24) is 0 Å². The van der Waals surface area contributed by atoms with Gasteiger partial charge < -0.3 is 5.11 Å². The first kappa shape index (κ1) is 14.2. The zero-order valence-corrected chi connectivity index (χ0v) is 13.6. The van der Waals surface area contributed by atoms with Crippen LogP contribution in [0.5, 0.6) is 0 Å². The Morgan fingerprint density at radius 1 is 0.952 bits per heavy atom. The predicted molar refractivity (Wildman–Crippen MR) is 82.7 cm³/mol. The molecule has 0 bridgehead atoms.